The second kappa shape index (κ2) is 12.3. The lowest BCUT2D eigenvalue weighted by atomic mass is 10.0. The maximum absolute atomic E-state index is 14.5. The molecule has 1 fully saturated rings. The second-order valence-electron chi connectivity index (χ2n) is 10.2. The molecule has 0 saturated carbocycles. The molecule has 1 saturated heterocycles. The number of aromatic amines is 1. The van der Waals surface area contributed by atoms with Gasteiger partial charge in [-0.1, -0.05) is 6.07 Å². The van der Waals surface area contributed by atoms with E-state index < -0.39 is 23.9 Å². The average molecular weight is 565 g/mol. The Balaban J connectivity index is 1.42. The third kappa shape index (κ3) is 6.79. The van der Waals surface area contributed by atoms with Crippen LogP contribution in [-0.4, -0.2) is 66.6 Å². The number of aryl methyl sites for hydroxylation is 2. The highest BCUT2D eigenvalue weighted by molar-refractivity contribution is 5.95. The number of carbonyl (C=O) groups is 3. The summed E-state index contributed by atoms with van der Waals surface area (Å²) in [4.78, 5) is 43.6. The molecule has 0 aliphatic carbocycles. The number of benzene rings is 2. The molecule has 2 atom stereocenters. The molecule has 3 N–H and O–H groups in total. The van der Waals surface area contributed by atoms with Crippen LogP contribution in [-0.2, 0) is 22.6 Å². The van der Waals surface area contributed by atoms with Crippen LogP contribution < -0.4 is 24.8 Å². The van der Waals surface area contributed by atoms with E-state index in [4.69, 9.17) is 14.2 Å². The molecule has 5 rings (SSSR count). The van der Waals surface area contributed by atoms with Crippen LogP contribution in [0.2, 0.25) is 0 Å². The maximum Gasteiger partial charge on any atom is 0.258 e. The Morgan fingerprint density at radius 2 is 1.93 bits per heavy atom. The van der Waals surface area contributed by atoms with E-state index in [1.807, 2.05) is 13.0 Å². The first-order valence-corrected chi connectivity index (χ1v) is 13.5. The molecule has 0 unspecified atom stereocenters. The number of hydrogen-bond donors (Lipinski definition) is 3. The summed E-state index contributed by atoms with van der Waals surface area (Å²) < 4.78 is 31.9. The molecule has 41 heavy (non-hydrogen) atoms. The van der Waals surface area contributed by atoms with Crippen molar-refractivity contribution in [2.75, 3.05) is 26.8 Å². The van der Waals surface area contributed by atoms with Gasteiger partial charge < -0.3 is 34.7 Å². The number of amides is 3. The van der Waals surface area contributed by atoms with Crippen molar-refractivity contribution in [3.05, 3.63) is 76.9 Å². The number of ether oxygens (including phenoxy) is 3. The van der Waals surface area contributed by atoms with Gasteiger partial charge in [0.15, 0.2) is 18.1 Å². The van der Waals surface area contributed by atoms with Gasteiger partial charge in [0.25, 0.3) is 11.8 Å². The van der Waals surface area contributed by atoms with Gasteiger partial charge in [0.1, 0.15) is 17.7 Å². The maximum atomic E-state index is 14.5. The number of methoxy groups -OCH3 is 1. The number of piperidine rings is 1. The third-order valence-electron chi connectivity index (χ3n) is 7.30. The Kier molecular flexibility index (Phi) is 8.42. The predicted octanol–water partition coefficient (Wildman–Crippen LogP) is 2.89. The van der Waals surface area contributed by atoms with E-state index in [1.54, 1.807) is 35.4 Å². The first-order valence-electron chi connectivity index (χ1n) is 13.5. The van der Waals surface area contributed by atoms with Crippen molar-refractivity contribution in [1.29, 1.82) is 0 Å². The molecule has 216 valence electrons. The van der Waals surface area contributed by atoms with Gasteiger partial charge in [-0.15, -0.1) is 0 Å². The number of carbonyl (C=O) groups excluding carboxylic acids is 3. The summed E-state index contributed by atoms with van der Waals surface area (Å²) in [5.41, 5.74) is 2.69. The Morgan fingerprint density at radius 3 is 2.71 bits per heavy atom. The molecule has 0 radical (unpaired) electrons. The number of nitrogens with zero attached hydrogens (tertiary/aromatic N) is 1. The minimum atomic E-state index is -0.596. The lowest BCUT2D eigenvalue weighted by molar-refractivity contribution is -0.125. The number of fused-ring (bicyclic) bond motifs is 5. The molecule has 3 heterocycles. The fourth-order valence-corrected chi connectivity index (χ4v) is 5.14. The van der Waals surface area contributed by atoms with Crippen LogP contribution >= 0.6 is 0 Å². The van der Waals surface area contributed by atoms with Crippen LogP contribution in [0, 0.1) is 12.7 Å². The van der Waals surface area contributed by atoms with E-state index in [9.17, 15) is 18.8 Å². The van der Waals surface area contributed by atoms with E-state index in [2.05, 4.69) is 15.6 Å². The van der Waals surface area contributed by atoms with Crippen molar-refractivity contribution in [1.82, 2.24) is 20.5 Å². The zero-order chi connectivity index (χ0) is 28.9. The minimum Gasteiger partial charge on any atom is -0.493 e. The SMILES string of the molecule is COc1ccc2cc1OCC(=O)N[C@@H]1CN(C(=O)c3cc[nH]c3C)CC[C@H]1Oc1cc(F)cc(c1)CNC(=O)CC2. The Morgan fingerprint density at radius 1 is 1.07 bits per heavy atom. The van der Waals surface area contributed by atoms with Gasteiger partial charge in [0, 0.05) is 50.4 Å². The summed E-state index contributed by atoms with van der Waals surface area (Å²) >= 11 is 0. The quantitative estimate of drug-likeness (QED) is 0.440. The standard InChI is InChI=1S/C30H33FN4O6/c1-18-23(7-9-32-18)30(38)35-10-8-25-24(16-35)34-29(37)17-40-27-13-19(3-5-26(27)39-2)4-6-28(36)33-15-20-11-21(31)14-22(12-20)41-25/h3,5,7,9,11-14,24-25,32H,4,6,8,10,15-17H2,1-2H3,(H,33,36)(H,34,37)/t24-,25-/m1/s1. The number of H-pyrrole nitrogens is 1. The van der Waals surface area contributed by atoms with Crippen LogP contribution in [0.25, 0.3) is 0 Å². The molecule has 2 aromatic carbocycles. The molecule has 1 aromatic heterocycles. The fourth-order valence-electron chi connectivity index (χ4n) is 5.14. The predicted molar refractivity (Wildman–Crippen MR) is 147 cm³/mol. The summed E-state index contributed by atoms with van der Waals surface area (Å²) in [7, 11) is 1.51. The summed E-state index contributed by atoms with van der Waals surface area (Å²) in [5.74, 6) is -0.151. The zero-order valence-electron chi connectivity index (χ0n) is 23.0. The van der Waals surface area contributed by atoms with Gasteiger partial charge in [-0.25, -0.2) is 4.39 Å². The fraction of sp³-hybridized carbons (Fsp3) is 0.367. The zero-order valence-corrected chi connectivity index (χ0v) is 23.0. The minimum absolute atomic E-state index is 0.132. The molecule has 10 nitrogen and oxygen atoms in total. The van der Waals surface area contributed by atoms with Crippen molar-refractivity contribution in [3.63, 3.8) is 0 Å². The number of likely N-dealkylation sites (tertiary alicyclic amines) is 1. The van der Waals surface area contributed by atoms with Crippen molar-refractivity contribution in [3.8, 4) is 17.2 Å². The third-order valence-corrected chi connectivity index (χ3v) is 7.30. The summed E-state index contributed by atoms with van der Waals surface area (Å²) in [6.45, 7) is 2.23. The van der Waals surface area contributed by atoms with Crippen LogP contribution in [0.15, 0.2) is 48.7 Å². The monoisotopic (exact) mass is 564 g/mol. The van der Waals surface area contributed by atoms with Gasteiger partial charge in [0.2, 0.25) is 5.91 Å². The van der Waals surface area contributed by atoms with E-state index in [1.165, 1.54) is 19.2 Å². The lowest BCUT2D eigenvalue weighted by Gasteiger charge is -2.39. The summed E-state index contributed by atoms with van der Waals surface area (Å²) in [6, 6.07) is 10.7. The van der Waals surface area contributed by atoms with Crippen LogP contribution in [0.5, 0.6) is 17.2 Å². The number of aromatic nitrogens is 1. The lowest BCUT2D eigenvalue weighted by Crippen LogP contribution is -2.58. The largest absolute Gasteiger partial charge is 0.493 e. The van der Waals surface area contributed by atoms with Crippen LogP contribution in [0.4, 0.5) is 4.39 Å². The first kappa shape index (κ1) is 28.0. The van der Waals surface area contributed by atoms with E-state index in [0.29, 0.717) is 42.0 Å². The van der Waals surface area contributed by atoms with E-state index in [-0.39, 0.29) is 43.7 Å². The van der Waals surface area contributed by atoms with Crippen LogP contribution in [0.1, 0.15) is 40.0 Å². The van der Waals surface area contributed by atoms with Gasteiger partial charge >= 0.3 is 0 Å². The highest BCUT2D eigenvalue weighted by Gasteiger charge is 2.35. The van der Waals surface area contributed by atoms with Gasteiger partial charge in [-0.3, -0.25) is 14.4 Å². The number of nitrogens with one attached hydrogen (secondary N) is 3. The molecular weight excluding hydrogens is 531 g/mol. The van der Waals surface area contributed by atoms with Crippen LogP contribution in [0.3, 0.4) is 0 Å². The Bertz CT molecular complexity index is 1440. The molecule has 0 spiro atoms. The molecule has 2 aliphatic rings. The Hall–Kier alpha value is -4.54. The summed E-state index contributed by atoms with van der Waals surface area (Å²) in [6.07, 6.45) is 2.22. The van der Waals surface area contributed by atoms with Crippen molar-refractivity contribution < 1.29 is 33.0 Å². The number of halogens is 1. The van der Waals surface area contributed by atoms with E-state index >= 15 is 0 Å². The smallest absolute Gasteiger partial charge is 0.258 e. The highest BCUT2D eigenvalue weighted by Crippen LogP contribution is 2.29. The highest BCUT2D eigenvalue weighted by atomic mass is 19.1. The molecule has 11 heteroatoms. The Labute approximate surface area is 237 Å². The average Bonchev–Trinajstić information content (AvgIpc) is 3.39. The van der Waals surface area contributed by atoms with Crippen molar-refractivity contribution >= 4 is 17.7 Å². The second-order valence-corrected chi connectivity index (χ2v) is 10.2. The normalized spacial score (nSPS) is 19.8. The first-order chi connectivity index (χ1) is 19.8. The molecule has 3 aromatic rings. The van der Waals surface area contributed by atoms with Crippen molar-refractivity contribution in [2.45, 2.75) is 44.9 Å². The van der Waals surface area contributed by atoms with E-state index in [0.717, 1.165) is 11.3 Å². The molecular formula is C30H33FN4O6. The van der Waals surface area contributed by atoms with Gasteiger partial charge in [-0.05, 0) is 54.8 Å². The van der Waals surface area contributed by atoms with Gasteiger partial charge in [-0.2, -0.15) is 0 Å². The van der Waals surface area contributed by atoms with Gasteiger partial charge in [0.05, 0.1) is 18.7 Å². The number of hydrogen-bond acceptors (Lipinski definition) is 6. The molecule has 4 bridgehead atoms. The molecule has 3 amide bonds. The van der Waals surface area contributed by atoms with Crippen molar-refractivity contribution in [2.24, 2.45) is 0 Å². The molecule has 2 aliphatic heterocycles. The number of rotatable bonds is 2. The topological polar surface area (TPSA) is 122 Å². The summed E-state index contributed by atoms with van der Waals surface area (Å²) in [5, 5.41) is 5.79.